The van der Waals surface area contributed by atoms with E-state index in [1.807, 2.05) is 11.8 Å². The minimum atomic E-state index is -2.95. The van der Waals surface area contributed by atoms with Gasteiger partial charge in [0.25, 0.3) is 0 Å². The van der Waals surface area contributed by atoms with Crippen LogP contribution in [0.4, 0.5) is 0 Å². The number of carboxylic acid groups (broad SMARTS) is 1. The Kier molecular flexibility index (Phi) is 4.71. The maximum Gasteiger partial charge on any atom is 0.325 e. The smallest absolute Gasteiger partial charge is 0.325 e. The van der Waals surface area contributed by atoms with E-state index in [-0.39, 0.29) is 17.4 Å². The van der Waals surface area contributed by atoms with Crippen molar-refractivity contribution in [3.8, 4) is 0 Å². The number of hydrogen-bond acceptors (Lipinski definition) is 5. The summed E-state index contributed by atoms with van der Waals surface area (Å²) in [6.45, 7) is 4.01. The highest BCUT2D eigenvalue weighted by Crippen LogP contribution is 2.40. The average molecular weight is 304 g/mol. The van der Waals surface area contributed by atoms with Gasteiger partial charge in [0.15, 0.2) is 9.84 Å². The van der Waals surface area contributed by atoms with Gasteiger partial charge in [0.05, 0.1) is 11.5 Å². The Morgan fingerprint density at radius 1 is 1.35 bits per heavy atom. The first-order valence-corrected chi connectivity index (χ1v) is 9.13. The molecule has 2 fully saturated rings. The molecular weight excluding hydrogens is 280 g/mol. The van der Waals surface area contributed by atoms with Crippen LogP contribution in [0.5, 0.6) is 0 Å². The number of sulfone groups is 1. The Labute approximate surface area is 120 Å². The minimum absolute atomic E-state index is 0.138. The van der Waals surface area contributed by atoms with Crippen molar-refractivity contribution in [2.45, 2.75) is 31.7 Å². The maximum atomic E-state index is 11.8. The van der Waals surface area contributed by atoms with Crippen LogP contribution in [0.1, 0.15) is 26.2 Å². The Hall–Kier alpha value is -0.660. The van der Waals surface area contributed by atoms with Crippen LogP contribution in [0.25, 0.3) is 0 Å². The molecule has 6 nitrogen and oxygen atoms in total. The molecule has 0 aromatic heterocycles. The van der Waals surface area contributed by atoms with Crippen molar-refractivity contribution in [3.63, 3.8) is 0 Å². The lowest BCUT2D eigenvalue weighted by molar-refractivity contribution is -0.147. The molecule has 0 spiro atoms. The Morgan fingerprint density at radius 3 is 2.60 bits per heavy atom. The summed E-state index contributed by atoms with van der Waals surface area (Å²) in [4.78, 5) is 13.8. The largest absolute Gasteiger partial charge is 0.480 e. The first-order valence-electron chi connectivity index (χ1n) is 7.31. The van der Waals surface area contributed by atoms with Crippen molar-refractivity contribution in [1.29, 1.82) is 0 Å². The van der Waals surface area contributed by atoms with Gasteiger partial charge in [-0.05, 0) is 38.3 Å². The molecule has 1 aliphatic heterocycles. The number of nitrogens with zero attached hydrogens (tertiary/aromatic N) is 1. The predicted octanol–water partition coefficient (Wildman–Crippen LogP) is -0.0502. The van der Waals surface area contributed by atoms with Gasteiger partial charge in [0.1, 0.15) is 5.54 Å². The molecule has 0 aromatic rings. The second-order valence-electron chi connectivity index (χ2n) is 5.86. The lowest BCUT2D eigenvalue weighted by Crippen LogP contribution is -2.61. The second-order valence-corrected chi connectivity index (χ2v) is 8.17. The molecule has 0 radical (unpaired) electrons. The zero-order chi connectivity index (χ0) is 14.8. The van der Waals surface area contributed by atoms with E-state index in [1.54, 1.807) is 0 Å². The van der Waals surface area contributed by atoms with Gasteiger partial charge in [0.2, 0.25) is 0 Å². The number of carboxylic acids is 1. The summed E-state index contributed by atoms with van der Waals surface area (Å²) < 4.78 is 23.3. The third-order valence-electron chi connectivity index (χ3n) is 4.27. The molecule has 1 aliphatic carbocycles. The molecule has 1 saturated carbocycles. The van der Waals surface area contributed by atoms with Crippen molar-refractivity contribution >= 4 is 15.8 Å². The summed E-state index contributed by atoms with van der Waals surface area (Å²) in [5, 5.41) is 12.8. The molecule has 0 aromatic carbocycles. The summed E-state index contributed by atoms with van der Waals surface area (Å²) in [7, 11) is -2.95. The van der Waals surface area contributed by atoms with Gasteiger partial charge in [-0.15, -0.1) is 0 Å². The lowest BCUT2D eigenvalue weighted by Gasteiger charge is -2.35. The number of hydrogen-bond donors (Lipinski definition) is 2. The summed E-state index contributed by atoms with van der Waals surface area (Å²) in [5.41, 5.74) is -0.914. The molecule has 1 saturated heterocycles. The summed E-state index contributed by atoms with van der Waals surface area (Å²) in [6.07, 6.45) is 2.46. The lowest BCUT2D eigenvalue weighted by atomic mass is 9.92. The van der Waals surface area contributed by atoms with Crippen molar-refractivity contribution < 1.29 is 18.3 Å². The average Bonchev–Trinajstić information content (AvgIpc) is 3.18. The van der Waals surface area contributed by atoms with E-state index in [0.29, 0.717) is 32.6 Å². The fourth-order valence-electron chi connectivity index (χ4n) is 3.04. The first-order chi connectivity index (χ1) is 9.39. The monoisotopic (exact) mass is 304 g/mol. The topological polar surface area (TPSA) is 86.7 Å². The Bertz CT molecular complexity index is 461. The van der Waals surface area contributed by atoms with Crippen LogP contribution in [0.2, 0.25) is 0 Å². The number of nitrogens with one attached hydrogen (secondary N) is 1. The van der Waals surface area contributed by atoms with Gasteiger partial charge >= 0.3 is 5.97 Å². The summed E-state index contributed by atoms with van der Waals surface area (Å²) >= 11 is 0. The van der Waals surface area contributed by atoms with E-state index >= 15 is 0 Å². The molecule has 0 bridgehead atoms. The van der Waals surface area contributed by atoms with Crippen LogP contribution in [0.3, 0.4) is 0 Å². The van der Waals surface area contributed by atoms with E-state index in [4.69, 9.17) is 0 Å². The molecule has 2 rings (SSSR count). The fraction of sp³-hybridized carbons (Fsp3) is 0.923. The standard InChI is InChI=1S/C13H24N2O4S/c1-2-14-13(12(16)17,11-4-5-11)10-15-6-3-8-20(18,19)9-7-15/h11,14H,2-10H2,1H3,(H,16,17). The van der Waals surface area contributed by atoms with Gasteiger partial charge in [-0.2, -0.15) is 0 Å². The molecule has 1 atom stereocenters. The number of carbonyl (C=O) groups is 1. The molecule has 1 heterocycles. The third kappa shape index (κ3) is 3.51. The van der Waals surface area contributed by atoms with Crippen molar-refractivity contribution in [2.24, 2.45) is 5.92 Å². The third-order valence-corrected chi connectivity index (χ3v) is 5.98. The number of likely N-dealkylation sites (N-methyl/N-ethyl adjacent to an activating group) is 1. The molecule has 0 amide bonds. The predicted molar refractivity (Wildman–Crippen MR) is 76.5 cm³/mol. The highest BCUT2D eigenvalue weighted by atomic mass is 32.2. The van der Waals surface area contributed by atoms with Gasteiger partial charge in [-0.25, -0.2) is 8.42 Å². The molecular formula is C13H24N2O4S. The second kappa shape index (κ2) is 5.99. The van der Waals surface area contributed by atoms with E-state index in [0.717, 1.165) is 12.8 Å². The Balaban J connectivity index is 2.09. The van der Waals surface area contributed by atoms with Crippen LogP contribution in [-0.2, 0) is 14.6 Å². The van der Waals surface area contributed by atoms with Crippen molar-refractivity contribution in [3.05, 3.63) is 0 Å². The molecule has 7 heteroatoms. The van der Waals surface area contributed by atoms with Crippen LogP contribution >= 0.6 is 0 Å². The molecule has 2 N–H and O–H groups in total. The molecule has 20 heavy (non-hydrogen) atoms. The highest BCUT2D eigenvalue weighted by molar-refractivity contribution is 7.91. The van der Waals surface area contributed by atoms with E-state index < -0.39 is 21.3 Å². The van der Waals surface area contributed by atoms with Crippen LogP contribution < -0.4 is 5.32 Å². The van der Waals surface area contributed by atoms with Crippen LogP contribution in [0, 0.1) is 5.92 Å². The summed E-state index contributed by atoms with van der Waals surface area (Å²) in [6, 6.07) is 0. The minimum Gasteiger partial charge on any atom is -0.480 e. The SMILES string of the molecule is CCNC(CN1CCCS(=O)(=O)CC1)(C(=O)O)C1CC1. The molecule has 1 unspecified atom stereocenters. The number of aliphatic carboxylic acids is 1. The van der Waals surface area contributed by atoms with Crippen LogP contribution in [-0.4, -0.2) is 67.6 Å². The quantitative estimate of drug-likeness (QED) is 0.715. The van der Waals surface area contributed by atoms with Gasteiger partial charge in [0, 0.05) is 13.1 Å². The van der Waals surface area contributed by atoms with Crippen molar-refractivity contribution in [2.75, 3.05) is 37.7 Å². The van der Waals surface area contributed by atoms with Gasteiger partial charge < -0.3 is 10.4 Å². The number of rotatable bonds is 6. The normalized spacial score (nSPS) is 26.6. The molecule has 116 valence electrons. The van der Waals surface area contributed by atoms with Crippen LogP contribution in [0.15, 0.2) is 0 Å². The zero-order valence-corrected chi connectivity index (χ0v) is 12.8. The highest BCUT2D eigenvalue weighted by Gasteiger charge is 2.51. The molecule has 2 aliphatic rings. The van der Waals surface area contributed by atoms with Gasteiger partial charge in [-0.3, -0.25) is 9.69 Å². The summed E-state index contributed by atoms with van der Waals surface area (Å²) in [5.74, 6) is -0.290. The maximum absolute atomic E-state index is 11.8. The van der Waals surface area contributed by atoms with E-state index in [9.17, 15) is 18.3 Å². The van der Waals surface area contributed by atoms with Crippen molar-refractivity contribution in [1.82, 2.24) is 10.2 Å². The first kappa shape index (κ1) is 15.7. The van der Waals surface area contributed by atoms with E-state index in [1.165, 1.54) is 0 Å². The fourth-order valence-corrected chi connectivity index (χ4v) is 4.35. The zero-order valence-electron chi connectivity index (χ0n) is 12.0. The Morgan fingerprint density at radius 2 is 2.05 bits per heavy atom. The van der Waals surface area contributed by atoms with E-state index in [2.05, 4.69) is 5.32 Å². The van der Waals surface area contributed by atoms with Gasteiger partial charge in [-0.1, -0.05) is 6.92 Å².